The highest BCUT2D eigenvalue weighted by atomic mass is 32.2. The smallest absolute Gasteiger partial charge is 0.408 e. The third kappa shape index (κ3) is 21.4. The summed E-state index contributed by atoms with van der Waals surface area (Å²) < 4.78 is 10.4. The van der Waals surface area contributed by atoms with Crippen molar-refractivity contribution in [3.63, 3.8) is 0 Å². The second-order valence-electron chi connectivity index (χ2n) is 11.4. The fourth-order valence-electron chi connectivity index (χ4n) is 4.13. The number of allylic oxidation sites excluding steroid dienone is 1. The van der Waals surface area contributed by atoms with Crippen molar-refractivity contribution >= 4 is 29.6 Å². The molecule has 1 unspecified atom stereocenters. The Kier molecular flexibility index (Phi) is 21.4. The Bertz CT molecular complexity index is 674. The molecule has 0 aromatic heterocycles. The van der Waals surface area contributed by atoms with Crippen molar-refractivity contribution in [2.45, 2.75) is 155 Å². The number of alkyl carbamates (subject to hydrolysis) is 1. The minimum Gasteiger partial charge on any atom is -0.464 e. The number of hydrogen-bond donors (Lipinski definition) is 1. The minimum atomic E-state index is -0.883. The van der Waals surface area contributed by atoms with Gasteiger partial charge in [0.25, 0.3) is 0 Å². The van der Waals surface area contributed by atoms with Crippen molar-refractivity contribution in [2.75, 3.05) is 12.4 Å². The van der Waals surface area contributed by atoms with Crippen LogP contribution in [0.2, 0.25) is 0 Å². The van der Waals surface area contributed by atoms with E-state index >= 15 is 0 Å². The Hall–Kier alpha value is -1.50. The maximum Gasteiger partial charge on any atom is 0.408 e. The SMILES string of the molecule is C=C(C)CC(SC[C@H](NC(=O)OC(C)(C)C)C(=O)OCC)C(=O)CCCCCCCCCCCCCCC. The van der Waals surface area contributed by atoms with Crippen LogP contribution >= 0.6 is 11.8 Å². The van der Waals surface area contributed by atoms with Crippen molar-refractivity contribution in [1.29, 1.82) is 0 Å². The molecule has 0 aromatic carbocycles. The summed E-state index contributed by atoms with van der Waals surface area (Å²) in [6.07, 6.45) is 16.9. The Labute approximate surface area is 237 Å². The molecule has 0 spiro atoms. The molecule has 0 aliphatic carbocycles. The van der Waals surface area contributed by atoms with Crippen LogP contribution in [0, 0.1) is 0 Å². The molecule has 1 amide bonds. The van der Waals surface area contributed by atoms with Crippen molar-refractivity contribution in [1.82, 2.24) is 5.32 Å². The van der Waals surface area contributed by atoms with Crippen molar-refractivity contribution in [2.24, 2.45) is 0 Å². The minimum absolute atomic E-state index is 0.181. The second-order valence-corrected chi connectivity index (χ2v) is 12.6. The van der Waals surface area contributed by atoms with Gasteiger partial charge in [0, 0.05) is 12.2 Å². The van der Waals surface area contributed by atoms with Crippen LogP contribution in [-0.2, 0) is 19.1 Å². The Balaban J connectivity index is 4.46. The third-order valence-electron chi connectivity index (χ3n) is 6.15. The molecule has 0 saturated carbocycles. The number of rotatable bonds is 23. The van der Waals surface area contributed by atoms with E-state index in [4.69, 9.17) is 9.47 Å². The van der Waals surface area contributed by atoms with Crippen LogP contribution in [0.3, 0.4) is 0 Å². The van der Waals surface area contributed by atoms with Crippen LogP contribution in [0.15, 0.2) is 12.2 Å². The monoisotopic (exact) mass is 555 g/mol. The van der Waals surface area contributed by atoms with E-state index in [1.807, 2.05) is 6.92 Å². The van der Waals surface area contributed by atoms with Gasteiger partial charge in [-0.25, -0.2) is 9.59 Å². The summed E-state index contributed by atoms with van der Waals surface area (Å²) in [6, 6.07) is -0.883. The summed E-state index contributed by atoms with van der Waals surface area (Å²) in [5.74, 6) is -0.106. The molecule has 38 heavy (non-hydrogen) atoms. The summed E-state index contributed by atoms with van der Waals surface area (Å²) in [7, 11) is 0. The highest BCUT2D eigenvalue weighted by Gasteiger charge is 2.28. The summed E-state index contributed by atoms with van der Waals surface area (Å²) in [6.45, 7) is 15.4. The van der Waals surface area contributed by atoms with Gasteiger partial charge in [0.2, 0.25) is 0 Å². The van der Waals surface area contributed by atoms with Gasteiger partial charge in [0.05, 0.1) is 11.9 Å². The van der Waals surface area contributed by atoms with Gasteiger partial charge in [-0.2, -0.15) is 0 Å². The largest absolute Gasteiger partial charge is 0.464 e. The molecule has 0 aliphatic rings. The first-order valence-electron chi connectivity index (χ1n) is 14.9. The Morgan fingerprint density at radius 3 is 1.79 bits per heavy atom. The van der Waals surface area contributed by atoms with Crippen molar-refractivity contribution < 1.29 is 23.9 Å². The first-order chi connectivity index (χ1) is 18.0. The van der Waals surface area contributed by atoms with Gasteiger partial charge >= 0.3 is 12.1 Å². The van der Waals surface area contributed by atoms with E-state index in [0.717, 1.165) is 18.4 Å². The average Bonchev–Trinajstić information content (AvgIpc) is 2.82. The van der Waals surface area contributed by atoms with Crippen LogP contribution in [0.4, 0.5) is 4.79 Å². The van der Waals surface area contributed by atoms with Gasteiger partial charge in [-0.1, -0.05) is 89.5 Å². The summed E-state index contributed by atoms with van der Waals surface area (Å²) >= 11 is 1.38. The lowest BCUT2D eigenvalue weighted by atomic mass is 10.0. The van der Waals surface area contributed by atoms with E-state index in [1.165, 1.54) is 82.4 Å². The lowest BCUT2D eigenvalue weighted by Gasteiger charge is -2.24. The highest BCUT2D eigenvalue weighted by Crippen LogP contribution is 2.23. The van der Waals surface area contributed by atoms with E-state index in [9.17, 15) is 14.4 Å². The molecule has 7 heteroatoms. The molecule has 0 radical (unpaired) electrons. The van der Waals surface area contributed by atoms with E-state index in [1.54, 1.807) is 27.7 Å². The van der Waals surface area contributed by atoms with Crippen LogP contribution in [-0.4, -0.2) is 47.1 Å². The quantitative estimate of drug-likeness (QED) is 0.0772. The molecular formula is C31H57NO5S. The predicted octanol–water partition coefficient (Wildman–Crippen LogP) is 8.56. The molecule has 0 aliphatic heterocycles. The van der Waals surface area contributed by atoms with E-state index < -0.39 is 23.7 Å². The van der Waals surface area contributed by atoms with Crippen molar-refractivity contribution in [3.05, 3.63) is 12.2 Å². The van der Waals surface area contributed by atoms with E-state index in [2.05, 4.69) is 18.8 Å². The van der Waals surface area contributed by atoms with Gasteiger partial charge in [-0.05, 0) is 47.5 Å². The van der Waals surface area contributed by atoms with Gasteiger partial charge in [0.1, 0.15) is 17.4 Å². The molecule has 0 bridgehead atoms. The standard InChI is InChI=1S/C31H57NO5S/c1-8-10-11-12-13-14-15-16-17-18-19-20-21-22-27(33)28(23-25(3)4)38-24-26(29(34)36-9-2)32-30(35)37-31(5,6)7/h26,28H,3,8-24H2,1-2,4-7H3,(H,32,35)/t26-,28?/m0/s1. The molecule has 0 saturated heterocycles. The lowest BCUT2D eigenvalue weighted by Crippen LogP contribution is -2.46. The number of nitrogens with one attached hydrogen (secondary N) is 1. The third-order valence-corrected chi connectivity index (χ3v) is 7.50. The number of ketones is 1. The Morgan fingerprint density at radius 1 is 0.842 bits per heavy atom. The van der Waals surface area contributed by atoms with Crippen molar-refractivity contribution in [3.8, 4) is 0 Å². The van der Waals surface area contributed by atoms with E-state index in [-0.39, 0.29) is 23.4 Å². The number of carbonyl (C=O) groups is 3. The topological polar surface area (TPSA) is 81.7 Å². The zero-order valence-electron chi connectivity index (χ0n) is 25.3. The fraction of sp³-hybridized carbons (Fsp3) is 0.839. The summed E-state index contributed by atoms with van der Waals surface area (Å²) in [5, 5.41) is 2.32. The lowest BCUT2D eigenvalue weighted by molar-refractivity contribution is -0.145. The van der Waals surface area contributed by atoms with Gasteiger partial charge in [-0.3, -0.25) is 4.79 Å². The number of thioether (sulfide) groups is 1. The number of esters is 1. The van der Waals surface area contributed by atoms with E-state index in [0.29, 0.717) is 12.8 Å². The molecule has 0 rings (SSSR count). The second kappa shape index (κ2) is 22.3. The van der Waals surface area contributed by atoms with Crippen LogP contribution in [0.1, 0.15) is 138 Å². The van der Waals surface area contributed by atoms with Crippen LogP contribution in [0.25, 0.3) is 0 Å². The fourth-order valence-corrected chi connectivity index (χ4v) is 5.48. The van der Waals surface area contributed by atoms with Gasteiger partial charge in [-0.15, -0.1) is 18.3 Å². The summed E-state index contributed by atoms with van der Waals surface area (Å²) in [5.41, 5.74) is 0.247. The highest BCUT2D eigenvalue weighted by molar-refractivity contribution is 8.00. The van der Waals surface area contributed by atoms with Crippen LogP contribution < -0.4 is 5.32 Å². The maximum atomic E-state index is 13.0. The first-order valence-corrected chi connectivity index (χ1v) is 16.0. The molecule has 222 valence electrons. The number of amides is 1. The zero-order chi connectivity index (χ0) is 28.8. The average molecular weight is 556 g/mol. The van der Waals surface area contributed by atoms with Gasteiger partial charge in [0.15, 0.2) is 0 Å². The first kappa shape index (κ1) is 36.5. The molecule has 0 aromatic rings. The number of unbranched alkanes of at least 4 members (excludes halogenated alkanes) is 12. The molecular weight excluding hydrogens is 498 g/mol. The number of carbonyl (C=O) groups excluding carboxylic acids is 3. The number of hydrogen-bond acceptors (Lipinski definition) is 6. The predicted molar refractivity (Wildman–Crippen MR) is 161 cm³/mol. The molecule has 1 N–H and O–H groups in total. The molecule has 0 heterocycles. The molecule has 2 atom stereocenters. The van der Waals surface area contributed by atoms with Crippen LogP contribution in [0.5, 0.6) is 0 Å². The zero-order valence-corrected chi connectivity index (χ0v) is 26.1. The Morgan fingerprint density at radius 2 is 1.34 bits per heavy atom. The molecule has 0 fully saturated rings. The number of Topliss-reactive ketones (excluding diaryl/α,β-unsaturated/α-hetero) is 1. The number of ether oxygens (including phenoxy) is 2. The van der Waals surface area contributed by atoms with Gasteiger partial charge < -0.3 is 14.8 Å². The molecule has 6 nitrogen and oxygen atoms in total. The summed E-state index contributed by atoms with van der Waals surface area (Å²) in [4.78, 5) is 37.7. The normalized spacial score (nSPS) is 13.0. The maximum absolute atomic E-state index is 13.0.